The van der Waals surface area contributed by atoms with Crippen molar-refractivity contribution >= 4 is 45.6 Å². The zero-order valence-electron chi connectivity index (χ0n) is 20.8. The second kappa shape index (κ2) is 12.5. The van der Waals surface area contributed by atoms with E-state index in [4.69, 9.17) is 25.8 Å². The molecule has 2 saturated heterocycles. The Kier molecular flexibility index (Phi) is 8.65. The molecule has 2 fully saturated rings. The summed E-state index contributed by atoms with van der Waals surface area (Å²) in [5, 5.41) is 6.74. The van der Waals surface area contributed by atoms with Crippen molar-refractivity contribution in [3.63, 3.8) is 0 Å². The monoisotopic (exact) mass is 541 g/mol. The van der Waals surface area contributed by atoms with E-state index < -0.39 is 5.82 Å². The summed E-state index contributed by atoms with van der Waals surface area (Å²) in [6, 6.07) is 7.86. The molecule has 38 heavy (non-hydrogen) atoms. The number of nitrogens with zero attached hydrogens (tertiary/aromatic N) is 3. The molecule has 3 aromatic rings. The molecule has 2 aliphatic rings. The Balaban J connectivity index is 1.39. The van der Waals surface area contributed by atoms with Gasteiger partial charge in [0.1, 0.15) is 29.8 Å². The topological polar surface area (TPSA) is 97.8 Å². The van der Waals surface area contributed by atoms with Crippen LogP contribution in [-0.4, -0.2) is 72.9 Å². The van der Waals surface area contributed by atoms with Crippen molar-refractivity contribution in [1.82, 2.24) is 14.9 Å². The number of carbonyl (C=O) groups is 1. The van der Waals surface area contributed by atoms with E-state index in [9.17, 15) is 9.18 Å². The summed E-state index contributed by atoms with van der Waals surface area (Å²) in [6.45, 7) is 5.02. The third-order valence-corrected chi connectivity index (χ3v) is 6.60. The molecule has 2 aliphatic heterocycles. The first kappa shape index (κ1) is 26.3. The van der Waals surface area contributed by atoms with Crippen molar-refractivity contribution in [3.8, 4) is 5.75 Å². The first-order valence-electron chi connectivity index (χ1n) is 12.6. The van der Waals surface area contributed by atoms with Gasteiger partial charge in [0.25, 0.3) is 0 Å². The van der Waals surface area contributed by atoms with Gasteiger partial charge >= 0.3 is 0 Å². The number of anilines is 3. The van der Waals surface area contributed by atoms with Crippen LogP contribution in [0.25, 0.3) is 10.9 Å². The van der Waals surface area contributed by atoms with Gasteiger partial charge in [0.05, 0.1) is 36.0 Å². The van der Waals surface area contributed by atoms with Crippen molar-refractivity contribution in [2.75, 3.05) is 56.7 Å². The van der Waals surface area contributed by atoms with Crippen LogP contribution in [0.3, 0.4) is 0 Å². The first-order valence-corrected chi connectivity index (χ1v) is 13.0. The number of carbonyl (C=O) groups excluding carboxylic acids is 1. The molecule has 0 radical (unpaired) electrons. The SMILES string of the molecule is O=C(/C=C/CN1CCCOCC1)Nc1cc2c(Nc3ccc(F)c(Cl)c3)ncnc2cc1O[C@@H]1CCOC1. The molecule has 0 unspecified atom stereocenters. The molecular weight excluding hydrogens is 513 g/mol. The fraction of sp³-hybridized carbons (Fsp3) is 0.370. The minimum Gasteiger partial charge on any atom is -0.486 e. The van der Waals surface area contributed by atoms with E-state index in [0.29, 0.717) is 60.2 Å². The summed E-state index contributed by atoms with van der Waals surface area (Å²) in [4.78, 5) is 23.9. The highest BCUT2D eigenvalue weighted by atomic mass is 35.5. The van der Waals surface area contributed by atoms with Crippen LogP contribution in [0.15, 0.2) is 48.8 Å². The Labute approximate surface area is 224 Å². The average Bonchev–Trinajstić information content (AvgIpc) is 3.28. The number of amides is 1. The van der Waals surface area contributed by atoms with Crippen molar-refractivity contribution in [2.45, 2.75) is 18.9 Å². The summed E-state index contributed by atoms with van der Waals surface area (Å²) in [5.41, 5.74) is 1.66. The van der Waals surface area contributed by atoms with E-state index in [0.717, 1.165) is 32.5 Å². The number of nitrogens with one attached hydrogen (secondary N) is 2. The number of hydrogen-bond donors (Lipinski definition) is 2. The van der Waals surface area contributed by atoms with Crippen LogP contribution in [-0.2, 0) is 14.3 Å². The van der Waals surface area contributed by atoms with Gasteiger partial charge in [0, 0.05) is 55.9 Å². The highest BCUT2D eigenvalue weighted by molar-refractivity contribution is 6.31. The number of benzene rings is 2. The van der Waals surface area contributed by atoms with Gasteiger partial charge in [-0.15, -0.1) is 0 Å². The summed E-state index contributed by atoms with van der Waals surface area (Å²) < 4.78 is 30.8. The quantitative estimate of drug-likeness (QED) is 0.401. The predicted molar refractivity (Wildman–Crippen MR) is 144 cm³/mol. The fourth-order valence-electron chi connectivity index (χ4n) is 4.34. The maximum Gasteiger partial charge on any atom is 0.248 e. The number of halogens is 2. The lowest BCUT2D eigenvalue weighted by Gasteiger charge is -2.18. The standard InChI is InChI=1S/C27H29ClFN5O4/c28-21-13-18(4-5-22(21)29)32-27-20-14-24(33-26(35)3-1-7-34-8-2-10-36-12-9-34)25(15-23(20)30-17-31-27)38-19-6-11-37-16-19/h1,3-5,13-15,17,19H,2,6-12,16H2,(H,33,35)(H,30,31,32)/b3-1+/t19-/m1/s1. The van der Waals surface area contributed by atoms with Gasteiger partial charge < -0.3 is 24.8 Å². The smallest absolute Gasteiger partial charge is 0.248 e. The lowest BCUT2D eigenvalue weighted by Crippen LogP contribution is -2.26. The minimum absolute atomic E-state index is 0.00438. The van der Waals surface area contributed by atoms with Crippen LogP contribution in [0.1, 0.15) is 12.8 Å². The highest BCUT2D eigenvalue weighted by Gasteiger charge is 2.21. The van der Waals surface area contributed by atoms with Crippen molar-refractivity contribution in [1.29, 1.82) is 0 Å². The molecule has 9 nitrogen and oxygen atoms in total. The fourth-order valence-corrected chi connectivity index (χ4v) is 4.52. The number of fused-ring (bicyclic) bond motifs is 1. The third kappa shape index (κ3) is 6.76. The number of ether oxygens (including phenoxy) is 3. The number of hydrogen-bond acceptors (Lipinski definition) is 8. The molecule has 0 saturated carbocycles. The minimum atomic E-state index is -0.510. The van der Waals surface area contributed by atoms with Crippen LogP contribution in [0, 0.1) is 5.82 Å². The van der Waals surface area contributed by atoms with Crippen LogP contribution < -0.4 is 15.4 Å². The predicted octanol–water partition coefficient (Wildman–Crippen LogP) is 4.55. The molecular formula is C27H29ClFN5O4. The zero-order valence-corrected chi connectivity index (χ0v) is 21.5. The van der Waals surface area contributed by atoms with Gasteiger partial charge in [0.2, 0.25) is 5.91 Å². The molecule has 0 aliphatic carbocycles. The van der Waals surface area contributed by atoms with Crippen LogP contribution >= 0.6 is 11.6 Å². The van der Waals surface area contributed by atoms with E-state index >= 15 is 0 Å². The largest absolute Gasteiger partial charge is 0.486 e. The second-order valence-corrected chi connectivity index (χ2v) is 9.51. The van der Waals surface area contributed by atoms with Gasteiger partial charge in [-0.3, -0.25) is 9.69 Å². The number of aromatic nitrogens is 2. The Hall–Kier alpha value is -3.31. The van der Waals surface area contributed by atoms with E-state index in [2.05, 4.69) is 25.5 Å². The van der Waals surface area contributed by atoms with E-state index in [1.807, 2.05) is 6.08 Å². The molecule has 5 rings (SSSR count). The van der Waals surface area contributed by atoms with Crippen LogP contribution in [0.4, 0.5) is 21.6 Å². The summed E-state index contributed by atoms with van der Waals surface area (Å²) in [7, 11) is 0. The second-order valence-electron chi connectivity index (χ2n) is 9.10. The molecule has 0 spiro atoms. The molecule has 0 bridgehead atoms. The summed E-state index contributed by atoms with van der Waals surface area (Å²) >= 11 is 5.94. The Morgan fingerprint density at radius 3 is 2.95 bits per heavy atom. The Morgan fingerprint density at radius 1 is 1.18 bits per heavy atom. The van der Waals surface area contributed by atoms with Crippen LogP contribution in [0.2, 0.25) is 5.02 Å². The van der Waals surface area contributed by atoms with Gasteiger partial charge in [-0.1, -0.05) is 17.7 Å². The Bertz CT molecular complexity index is 1310. The third-order valence-electron chi connectivity index (χ3n) is 6.31. The maximum atomic E-state index is 13.6. The number of rotatable bonds is 8. The van der Waals surface area contributed by atoms with Crippen molar-refractivity contribution in [3.05, 3.63) is 59.7 Å². The van der Waals surface area contributed by atoms with Gasteiger partial charge in [-0.2, -0.15) is 0 Å². The van der Waals surface area contributed by atoms with Crippen molar-refractivity contribution in [2.24, 2.45) is 0 Å². The first-order chi connectivity index (χ1) is 18.5. The zero-order chi connectivity index (χ0) is 26.3. The summed E-state index contributed by atoms with van der Waals surface area (Å²) in [6.07, 6.45) is 6.41. The molecule has 11 heteroatoms. The Morgan fingerprint density at radius 2 is 2.11 bits per heavy atom. The normalized spacial score (nSPS) is 18.5. The van der Waals surface area contributed by atoms with Crippen molar-refractivity contribution < 1.29 is 23.4 Å². The molecule has 3 heterocycles. The molecule has 1 atom stereocenters. The van der Waals surface area contributed by atoms with Gasteiger partial charge in [0.15, 0.2) is 0 Å². The van der Waals surface area contributed by atoms with E-state index in [1.54, 1.807) is 18.2 Å². The maximum absolute atomic E-state index is 13.6. The lowest BCUT2D eigenvalue weighted by atomic mass is 10.1. The molecule has 200 valence electrons. The molecule has 2 aromatic carbocycles. The van der Waals surface area contributed by atoms with Gasteiger partial charge in [-0.25, -0.2) is 14.4 Å². The van der Waals surface area contributed by atoms with E-state index in [-0.39, 0.29) is 17.0 Å². The van der Waals surface area contributed by atoms with Gasteiger partial charge in [-0.05, 0) is 30.7 Å². The molecule has 1 aromatic heterocycles. The van der Waals surface area contributed by atoms with E-state index in [1.165, 1.54) is 24.5 Å². The summed E-state index contributed by atoms with van der Waals surface area (Å²) in [5.74, 6) is 0.182. The molecule has 1 amide bonds. The highest BCUT2D eigenvalue weighted by Crippen LogP contribution is 2.35. The van der Waals surface area contributed by atoms with Crippen LogP contribution in [0.5, 0.6) is 5.75 Å². The lowest BCUT2D eigenvalue weighted by molar-refractivity contribution is -0.111. The average molecular weight is 542 g/mol. The molecule has 2 N–H and O–H groups in total.